The van der Waals surface area contributed by atoms with Gasteiger partial charge >= 0.3 is 0 Å². The first-order valence-corrected chi connectivity index (χ1v) is 5.04. The standard InChI is InChI=1S/C8H9N3O3S/c1-6-7(3-5-14-11(12)13)15-8(10-6)2-4-9/h2-3,5H2,1H3. The summed E-state index contributed by atoms with van der Waals surface area (Å²) in [4.78, 5) is 19.2. The van der Waals surface area contributed by atoms with E-state index in [9.17, 15) is 10.1 Å². The number of thiazole rings is 1. The minimum atomic E-state index is -0.813. The van der Waals surface area contributed by atoms with E-state index >= 15 is 0 Å². The summed E-state index contributed by atoms with van der Waals surface area (Å²) < 4.78 is 0. The van der Waals surface area contributed by atoms with Gasteiger partial charge in [-0.15, -0.1) is 21.5 Å². The Morgan fingerprint density at radius 3 is 3.07 bits per heavy atom. The average molecular weight is 227 g/mol. The van der Waals surface area contributed by atoms with Crippen LogP contribution in [0, 0.1) is 28.4 Å². The van der Waals surface area contributed by atoms with E-state index in [1.165, 1.54) is 11.3 Å². The third-order valence-electron chi connectivity index (χ3n) is 1.69. The summed E-state index contributed by atoms with van der Waals surface area (Å²) in [5, 5.41) is 18.3. The van der Waals surface area contributed by atoms with Crippen LogP contribution in [0.3, 0.4) is 0 Å². The Bertz CT molecular complexity index is 396. The van der Waals surface area contributed by atoms with E-state index in [1.54, 1.807) is 0 Å². The van der Waals surface area contributed by atoms with Gasteiger partial charge in [0.15, 0.2) is 0 Å². The maximum absolute atomic E-state index is 9.91. The molecular weight excluding hydrogens is 218 g/mol. The molecule has 0 aliphatic carbocycles. The highest BCUT2D eigenvalue weighted by molar-refractivity contribution is 7.11. The van der Waals surface area contributed by atoms with Gasteiger partial charge in [-0.1, -0.05) is 0 Å². The zero-order chi connectivity index (χ0) is 11.3. The zero-order valence-electron chi connectivity index (χ0n) is 8.10. The number of aromatic nitrogens is 1. The van der Waals surface area contributed by atoms with Crippen LogP contribution in [-0.4, -0.2) is 16.7 Å². The Hall–Kier alpha value is -1.68. The molecule has 1 heterocycles. The molecule has 0 aromatic carbocycles. The molecule has 0 fully saturated rings. The van der Waals surface area contributed by atoms with Crippen LogP contribution in [0.5, 0.6) is 0 Å². The van der Waals surface area contributed by atoms with Crippen molar-refractivity contribution in [1.82, 2.24) is 4.98 Å². The summed E-state index contributed by atoms with van der Waals surface area (Å²) in [7, 11) is 0. The summed E-state index contributed by atoms with van der Waals surface area (Å²) in [6.45, 7) is 1.85. The van der Waals surface area contributed by atoms with Gasteiger partial charge in [-0.3, -0.25) is 0 Å². The van der Waals surface area contributed by atoms with Crippen LogP contribution in [0.25, 0.3) is 0 Å². The number of aryl methyl sites for hydroxylation is 1. The lowest BCUT2D eigenvalue weighted by Crippen LogP contribution is -2.04. The van der Waals surface area contributed by atoms with Gasteiger partial charge in [0.2, 0.25) is 0 Å². The minimum Gasteiger partial charge on any atom is -0.314 e. The Morgan fingerprint density at radius 1 is 1.73 bits per heavy atom. The van der Waals surface area contributed by atoms with Crippen LogP contribution < -0.4 is 0 Å². The van der Waals surface area contributed by atoms with Gasteiger partial charge in [0.05, 0.1) is 18.2 Å². The van der Waals surface area contributed by atoms with Gasteiger partial charge in [0.25, 0.3) is 5.09 Å². The monoisotopic (exact) mass is 227 g/mol. The van der Waals surface area contributed by atoms with E-state index in [-0.39, 0.29) is 13.0 Å². The molecule has 0 radical (unpaired) electrons. The van der Waals surface area contributed by atoms with E-state index in [0.717, 1.165) is 15.6 Å². The SMILES string of the molecule is Cc1nc(CC#N)sc1CCO[N+](=O)[O-]. The van der Waals surface area contributed by atoms with E-state index in [4.69, 9.17) is 5.26 Å². The molecule has 0 aliphatic heterocycles. The predicted octanol–water partition coefficient (Wildman–Crippen LogP) is 1.27. The smallest absolute Gasteiger partial charge is 0.294 e. The lowest BCUT2D eigenvalue weighted by Gasteiger charge is -1.96. The molecule has 0 aliphatic rings. The lowest BCUT2D eigenvalue weighted by molar-refractivity contribution is -0.757. The van der Waals surface area contributed by atoms with Crippen LogP contribution in [0.1, 0.15) is 15.6 Å². The summed E-state index contributed by atoms with van der Waals surface area (Å²) in [6.07, 6.45) is 0.734. The summed E-state index contributed by atoms with van der Waals surface area (Å²) in [5.41, 5.74) is 0.817. The first-order chi connectivity index (χ1) is 7.13. The second-order valence-electron chi connectivity index (χ2n) is 2.76. The van der Waals surface area contributed by atoms with Crippen LogP contribution >= 0.6 is 11.3 Å². The Kier molecular flexibility index (Phi) is 4.00. The molecule has 80 valence electrons. The van der Waals surface area contributed by atoms with Gasteiger partial charge in [-0.05, 0) is 6.92 Å². The maximum Gasteiger partial charge on any atom is 0.294 e. The fourth-order valence-corrected chi connectivity index (χ4v) is 2.06. The Morgan fingerprint density at radius 2 is 2.47 bits per heavy atom. The summed E-state index contributed by atoms with van der Waals surface area (Å²) in [6, 6.07) is 2.01. The molecule has 15 heavy (non-hydrogen) atoms. The van der Waals surface area contributed by atoms with Crippen molar-refractivity contribution >= 4 is 11.3 Å². The van der Waals surface area contributed by atoms with E-state index in [1.807, 2.05) is 13.0 Å². The number of hydrogen-bond donors (Lipinski definition) is 0. The van der Waals surface area contributed by atoms with Gasteiger partial charge in [0, 0.05) is 11.3 Å². The van der Waals surface area contributed by atoms with E-state index < -0.39 is 5.09 Å². The fourth-order valence-electron chi connectivity index (χ4n) is 1.08. The quantitative estimate of drug-likeness (QED) is 0.558. The molecule has 7 heteroatoms. The molecule has 0 atom stereocenters. The molecule has 6 nitrogen and oxygen atoms in total. The predicted molar refractivity (Wildman–Crippen MR) is 52.8 cm³/mol. The average Bonchev–Trinajstić information content (AvgIpc) is 2.47. The zero-order valence-corrected chi connectivity index (χ0v) is 8.91. The molecule has 1 rings (SSSR count). The van der Waals surface area contributed by atoms with Gasteiger partial charge < -0.3 is 4.84 Å². The molecule has 0 bridgehead atoms. The number of hydrogen-bond acceptors (Lipinski definition) is 6. The maximum atomic E-state index is 9.91. The first kappa shape index (κ1) is 11.4. The van der Waals surface area contributed by atoms with Gasteiger partial charge in [-0.25, -0.2) is 4.98 Å². The fraction of sp³-hybridized carbons (Fsp3) is 0.500. The summed E-state index contributed by atoms with van der Waals surface area (Å²) in [5.74, 6) is 0. The summed E-state index contributed by atoms with van der Waals surface area (Å²) >= 11 is 1.40. The van der Waals surface area contributed by atoms with Crippen LogP contribution in [0.4, 0.5) is 0 Å². The molecule has 0 N–H and O–H groups in total. The number of rotatable bonds is 5. The molecule has 0 saturated carbocycles. The molecule has 0 unspecified atom stereocenters. The number of nitrogens with zero attached hydrogens (tertiary/aromatic N) is 3. The second-order valence-corrected chi connectivity index (χ2v) is 3.93. The number of nitriles is 1. The highest BCUT2D eigenvalue weighted by Gasteiger charge is 2.07. The molecule has 0 amide bonds. The van der Waals surface area contributed by atoms with Crippen molar-refractivity contribution in [3.05, 3.63) is 25.7 Å². The first-order valence-electron chi connectivity index (χ1n) is 4.23. The van der Waals surface area contributed by atoms with Crippen LogP contribution in [0.2, 0.25) is 0 Å². The van der Waals surface area contributed by atoms with Crippen molar-refractivity contribution < 1.29 is 9.92 Å². The van der Waals surface area contributed by atoms with Crippen molar-refractivity contribution in [2.45, 2.75) is 19.8 Å². The van der Waals surface area contributed by atoms with Crippen molar-refractivity contribution in [3.8, 4) is 6.07 Å². The van der Waals surface area contributed by atoms with Gasteiger partial charge in [0.1, 0.15) is 11.6 Å². The Labute approximate surface area is 90.2 Å². The van der Waals surface area contributed by atoms with Crippen molar-refractivity contribution in [2.24, 2.45) is 0 Å². The minimum absolute atomic E-state index is 0.0298. The van der Waals surface area contributed by atoms with Crippen LogP contribution in [-0.2, 0) is 17.7 Å². The lowest BCUT2D eigenvalue weighted by atomic mass is 10.3. The van der Waals surface area contributed by atoms with E-state index in [0.29, 0.717) is 6.42 Å². The van der Waals surface area contributed by atoms with Crippen molar-refractivity contribution in [1.29, 1.82) is 5.26 Å². The third kappa shape index (κ3) is 3.52. The molecular formula is C8H9N3O3S. The van der Waals surface area contributed by atoms with E-state index in [2.05, 4.69) is 9.82 Å². The molecule has 0 saturated heterocycles. The second kappa shape index (κ2) is 5.26. The normalized spacial score (nSPS) is 9.60. The molecule has 1 aromatic rings. The molecule has 0 spiro atoms. The van der Waals surface area contributed by atoms with Crippen molar-refractivity contribution in [2.75, 3.05) is 6.61 Å². The van der Waals surface area contributed by atoms with Gasteiger partial charge in [-0.2, -0.15) is 5.26 Å². The largest absolute Gasteiger partial charge is 0.314 e. The Balaban J connectivity index is 2.54. The highest BCUT2D eigenvalue weighted by atomic mass is 32.1. The topological polar surface area (TPSA) is 89.0 Å². The highest BCUT2D eigenvalue weighted by Crippen LogP contribution is 2.18. The molecule has 1 aromatic heterocycles. The van der Waals surface area contributed by atoms with Crippen LogP contribution in [0.15, 0.2) is 0 Å². The van der Waals surface area contributed by atoms with Crippen molar-refractivity contribution in [3.63, 3.8) is 0 Å². The third-order valence-corrected chi connectivity index (χ3v) is 2.91.